The van der Waals surface area contributed by atoms with Gasteiger partial charge in [0.25, 0.3) is 10.0 Å². The number of nitrogens with one attached hydrogen (secondary N) is 1. The van der Waals surface area contributed by atoms with Crippen LogP contribution in [0.4, 0.5) is 0 Å². The van der Waals surface area contributed by atoms with Crippen molar-refractivity contribution in [1.29, 1.82) is 0 Å². The molecule has 2 N–H and O–H groups in total. The topological polar surface area (TPSA) is 86.3 Å². The summed E-state index contributed by atoms with van der Waals surface area (Å²) in [6, 6.07) is 0. The Morgan fingerprint density at radius 1 is 1.47 bits per heavy atom. The molecule has 1 atom stereocenters. The number of hydrogen-bond donors (Lipinski definition) is 2. The van der Waals surface area contributed by atoms with Crippen LogP contribution >= 0.6 is 0 Å². The van der Waals surface area contributed by atoms with E-state index >= 15 is 0 Å². The van der Waals surface area contributed by atoms with Crippen molar-refractivity contribution in [2.75, 3.05) is 13.1 Å². The standard InChI is InChI=1S/C10H17N3O3S/c1-10(14)3-2-5-13(6-4-10)17(15,16)9-7-11-8-12-9/h7-8,14H,2-6H2,1H3,(H,11,12). The molecule has 0 amide bonds. The fraction of sp³-hybridized carbons (Fsp3) is 0.700. The Bertz CT molecular complexity index is 467. The molecular formula is C10H17N3O3S. The highest BCUT2D eigenvalue weighted by atomic mass is 32.2. The fourth-order valence-electron chi connectivity index (χ4n) is 2.00. The Morgan fingerprint density at radius 3 is 2.88 bits per heavy atom. The predicted octanol–water partition coefficient (Wildman–Crippen LogP) is 0.335. The van der Waals surface area contributed by atoms with Crippen LogP contribution < -0.4 is 0 Å². The Kier molecular flexibility index (Phi) is 3.24. The number of aromatic nitrogens is 2. The molecule has 17 heavy (non-hydrogen) atoms. The van der Waals surface area contributed by atoms with E-state index in [0.29, 0.717) is 32.4 Å². The van der Waals surface area contributed by atoms with Gasteiger partial charge in [-0.05, 0) is 26.2 Å². The molecule has 0 aromatic carbocycles. The van der Waals surface area contributed by atoms with Gasteiger partial charge in [-0.2, -0.15) is 4.31 Å². The molecule has 0 spiro atoms. The van der Waals surface area contributed by atoms with Crippen LogP contribution in [-0.4, -0.2) is 46.5 Å². The second kappa shape index (κ2) is 4.40. The highest BCUT2D eigenvalue weighted by Crippen LogP contribution is 2.24. The molecule has 1 fully saturated rings. The highest BCUT2D eigenvalue weighted by Gasteiger charge is 2.32. The van der Waals surface area contributed by atoms with Crippen LogP contribution in [0.3, 0.4) is 0 Å². The van der Waals surface area contributed by atoms with E-state index in [9.17, 15) is 13.5 Å². The van der Waals surface area contributed by atoms with Crippen molar-refractivity contribution in [3.8, 4) is 0 Å². The average molecular weight is 259 g/mol. The maximum absolute atomic E-state index is 12.2. The SMILES string of the molecule is CC1(O)CCCN(S(=O)(=O)c2cnc[nH]2)CC1. The van der Waals surface area contributed by atoms with Crippen molar-refractivity contribution in [1.82, 2.24) is 14.3 Å². The molecule has 2 rings (SSSR count). The molecule has 0 aliphatic carbocycles. The molecule has 1 aliphatic rings. The fourth-order valence-corrected chi connectivity index (χ4v) is 3.38. The highest BCUT2D eigenvalue weighted by molar-refractivity contribution is 7.89. The minimum absolute atomic E-state index is 0.110. The van der Waals surface area contributed by atoms with Crippen LogP contribution in [0.25, 0.3) is 0 Å². The van der Waals surface area contributed by atoms with E-state index in [4.69, 9.17) is 0 Å². The number of imidazole rings is 1. The lowest BCUT2D eigenvalue weighted by molar-refractivity contribution is 0.0465. The lowest BCUT2D eigenvalue weighted by atomic mass is 9.98. The first-order valence-electron chi connectivity index (χ1n) is 5.63. The zero-order chi connectivity index (χ0) is 12.5. The van der Waals surface area contributed by atoms with Crippen molar-refractivity contribution in [2.24, 2.45) is 0 Å². The number of sulfonamides is 1. The van der Waals surface area contributed by atoms with Crippen molar-refractivity contribution >= 4 is 10.0 Å². The van der Waals surface area contributed by atoms with E-state index < -0.39 is 15.6 Å². The van der Waals surface area contributed by atoms with Gasteiger partial charge in [-0.25, -0.2) is 13.4 Å². The molecule has 1 aromatic heterocycles. The summed E-state index contributed by atoms with van der Waals surface area (Å²) in [6.45, 7) is 2.53. The van der Waals surface area contributed by atoms with Gasteiger partial charge >= 0.3 is 0 Å². The second-order valence-electron chi connectivity index (χ2n) is 4.67. The van der Waals surface area contributed by atoms with Gasteiger partial charge in [-0.1, -0.05) is 0 Å². The number of aliphatic hydroxyl groups is 1. The smallest absolute Gasteiger partial charge is 0.260 e. The lowest BCUT2D eigenvalue weighted by Gasteiger charge is -2.21. The molecule has 0 radical (unpaired) electrons. The van der Waals surface area contributed by atoms with Crippen molar-refractivity contribution in [3.63, 3.8) is 0 Å². The summed E-state index contributed by atoms with van der Waals surface area (Å²) >= 11 is 0. The minimum atomic E-state index is -3.49. The van der Waals surface area contributed by atoms with E-state index in [-0.39, 0.29) is 5.03 Å². The van der Waals surface area contributed by atoms with Gasteiger partial charge in [-0.3, -0.25) is 0 Å². The van der Waals surface area contributed by atoms with Crippen LogP contribution in [0.5, 0.6) is 0 Å². The maximum atomic E-state index is 12.2. The maximum Gasteiger partial charge on any atom is 0.260 e. The van der Waals surface area contributed by atoms with Crippen molar-refractivity contribution in [2.45, 2.75) is 36.8 Å². The molecule has 1 unspecified atom stereocenters. The summed E-state index contributed by atoms with van der Waals surface area (Å²) < 4.78 is 25.8. The lowest BCUT2D eigenvalue weighted by Crippen LogP contribution is -2.33. The number of hydrogen-bond acceptors (Lipinski definition) is 4. The van der Waals surface area contributed by atoms with Gasteiger partial charge in [-0.15, -0.1) is 0 Å². The normalized spacial score (nSPS) is 27.9. The first-order chi connectivity index (χ1) is 7.92. The van der Waals surface area contributed by atoms with E-state index in [2.05, 4.69) is 9.97 Å². The summed E-state index contributed by atoms with van der Waals surface area (Å²) in [5.74, 6) is 0. The third-order valence-corrected chi connectivity index (χ3v) is 4.94. The van der Waals surface area contributed by atoms with Crippen LogP contribution in [-0.2, 0) is 10.0 Å². The third kappa shape index (κ3) is 2.67. The van der Waals surface area contributed by atoms with E-state index in [1.807, 2.05) is 0 Å². The van der Waals surface area contributed by atoms with Gasteiger partial charge < -0.3 is 10.1 Å². The first kappa shape index (κ1) is 12.5. The van der Waals surface area contributed by atoms with Gasteiger partial charge in [0.05, 0.1) is 18.1 Å². The van der Waals surface area contributed by atoms with Crippen LogP contribution in [0.1, 0.15) is 26.2 Å². The van der Waals surface area contributed by atoms with E-state index in [0.717, 1.165) is 0 Å². The van der Waals surface area contributed by atoms with Gasteiger partial charge in [0.15, 0.2) is 5.03 Å². The molecule has 2 heterocycles. The largest absolute Gasteiger partial charge is 0.390 e. The number of aromatic amines is 1. The molecule has 1 aliphatic heterocycles. The number of H-pyrrole nitrogens is 1. The van der Waals surface area contributed by atoms with Gasteiger partial charge in [0.2, 0.25) is 0 Å². The minimum Gasteiger partial charge on any atom is -0.390 e. The number of rotatable bonds is 2. The van der Waals surface area contributed by atoms with Crippen LogP contribution in [0.15, 0.2) is 17.6 Å². The Morgan fingerprint density at radius 2 is 2.24 bits per heavy atom. The third-order valence-electron chi connectivity index (χ3n) is 3.11. The Balaban J connectivity index is 2.18. The summed E-state index contributed by atoms with van der Waals surface area (Å²) in [5, 5.41) is 10.0. The van der Waals surface area contributed by atoms with Crippen molar-refractivity contribution in [3.05, 3.63) is 12.5 Å². The molecule has 1 saturated heterocycles. The molecule has 6 nitrogen and oxygen atoms in total. The molecule has 0 saturated carbocycles. The zero-order valence-electron chi connectivity index (χ0n) is 9.76. The number of nitrogens with zero attached hydrogens (tertiary/aromatic N) is 2. The van der Waals surface area contributed by atoms with Crippen LogP contribution in [0, 0.1) is 0 Å². The monoisotopic (exact) mass is 259 g/mol. The Labute approximate surface area is 101 Å². The Hall–Kier alpha value is -0.920. The van der Waals surface area contributed by atoms with E-state index in [1.54, 1.807) is 6.92 Å². The zero-order valence-corrected chi connectivity index (χ0v) is 10.6. The molecule has 1 aromatic rings. The second-order valence-corrected chi connectivity index (χ2v) is 6.58. The molecular weight excluding hydrogens is 242 g/mol. The average Bonchev–Trinajstić information content (AvgIpc) is 2.70. The van der Waals surface area contributed by atoms with Crippen molar-refractivity contribution < 1.29 is 13.5 Å². The summed E-state index contributed by atoms with van der Waals surface area (Å²) in [6.07, 6.45) is 4.40. The molecule has 96 valence electrons. The summed E-state index contributed by atoms with van der Waals surface area (Å²) in [7, 11) is -3.49. The summed E-state index contributed by atoms with van der Waals surface area (Å²) in [4.78, 5) is 6.34. The van der Waals surface area contributed by atoms with E-state index in [1.165, 1.54) is 16.8 Å². The quantitative estimate of drug-likeness (QED) is 0.801. The molecule has 0 bridgehead atoms. The van der Waals surface area contributed by atoms with Crippen LogP contribution in [0.2, 0.25) is 0 Å². The predicted molar refractivity (Wildman–Crippen MR) is 61.8 cm³/mol. The first-order valence-corrected chi connectivity index (χ1v) is 7.07. The van der Waals surface area contributed by atoms with Gasteiger partial charge in [0.1, 0.15) is 0 Å². The molecule has 7 heteroatoms. The summed E-state index contributed by atoms with van der Waals surface area (Å²) in [5.41, 5.74) is -0.766. The van der Waals surface area contributed by atoms with Gasteiger partial charge in [0, 0.05) is 13.1 Å².